The molecule has 0 spiro atoms. The predicted octanol–water partition coefficient (Wildman–Crippen LogP) is 17.8. The van der Waals surface area contributed by atoms with Crippen LogP contribution in [0.4, 0.5) is 0 Å². The van der Waals surface area contributed by atoms with Gasteiger partial charge in [-0.1, -0.05) is 229 Å². The molecule has 6 heteroatoms. The SMILES string of the molecule is CC/C=C\C/C=C\C/C=C\C/C=C\C/C=C\CCCCCC(=O)OCC(COC(=O)CCCCCCC/C=C\CCCC)OC(=O)CCCCCCCCCCCCCCCCCC. The van der Waals surface area contributed by atoms with Crippen LogP contribution in [0.25, 0.3) is 0 Å². The predicted molar refractivity (Wildman–Crippen MR) is 274 cm³/mol. The molecule has 0 saturated heterocycles. The van der Waals surface area contributed by atoms with Crippen LogP contribution < -0.4 is 0 Å². The normalized spacial score (nSPS) is 12.6. The summed E-state index contributed by atoms with van der Waals surface area (Å²) in [6.45, 7) is 6.46. The van der Waals surface area contributed by atoms with E-state index < -0.39 is 6.10 Å². The first-order valence-corrected chi connectivity index (χ1v) is 26.9. The summed E-state index contributed by atoms with van der Waals surface area (Å²) in [4.78, 5) is 38.0. The summed E-state index contributed by atoms with van der Waals surface area (Å²) >= 11 is 0. The van der Waals surface area contributed by atoms with Crippen LogP contribution in [-0.4, -0.2) is 37.2 Å². The van der Waals surface area contributed by atoms with Crippen molar-refractivity contribution in [3.63, 3.8) is 0 Å². The third-order valence-corrected chi connectivity index (χ3v) is 11.4. The molecule has 0 bridgehead atoms. The van der Waals surface area contributed by atoms with E-state index >= 15 is 0 Å². The molecule has 0 N–H and O–H groups in total. The summed E-state index contributed by atoms with van der Waals surface area (Å²) in [6.07, 6.45) is 66.0. The second-order valence-electron chi connectivity index (χ2n) is 17.8. The van der Waals surface area contributed by atoms with Gasteiger partial charge in [-0.15, -0.1) is 0 Å². The second-order valence-corrected chi connectivity index (χ2v) is 17.8. The monoisotopic (exact) mass is 893 g/mol. The molecule has 1 unspecified atom stereocenters. The van der Waals surface area contributed by atoms with Crippen LogP contribution in [0.1, 0.15) is 258 Å². The minimum Gasteiger partial charge on any atom is -0.462 e. The van der Waals surface area contributed by atoms with Crippen LogP contribution in [-0.2, 0) is 28.6 Å². The minimum atomic E-state index is -0.790. The summed E-state index contributed by atoms with van der Waals surface area (Å²) in [7, 11) is 0. The summed E-state index contributed by atoms with van der Waals surface area (Å²) < 4.78 is 16.8. The molecule has 0 aromatic rings. The van der Waals surface area contributed by atoms with Crippen LogP contribution in [0, 0.1) is 0 Å². The lowest BCUT2D eigenvalue weighted by molar-refractivity contribution is -0.167. The van der Waals surface area contributed by atoms with Gasteiger partial charge in [0.25, 0.3) is 0 Å². The van der Waals surface area contributed by atoms with Crippen LogP contribution >= 0.6 is 0 Å². The van der Waals surface area contributed by atoms with Gasteiger partial charge in [-0.05, 0) is 83.5 Å². The number of allylic oxidation sites excluding steroid dienone is 12. The fourth-order valence-corrected chi connectivity index (χ4v) is 7.39. The van der Waals surface area contributed by atoms with E-state index in [-0.39, 0.29) is 31.1 Å². The van der Waals surface area contributed by atoms with E-state index in [1.807, 2.05) is 0 Å². The molecule has 368 valence electrons. The Morgan fingerprint density at radius 3 is 1.03 bits per heavy atom. The number of rotatable bonds is 48. The van der Waals surface area contributed by atoms with E-state index in [1.54, 1.807) is 0 Å². The molecule has 0 radical (unpaired) electrons. The topological polar surface area (TPSA) is 78.9 Å². The average molecular weight is 893 g/mol. The van der Waals surface area contributed by atoms with Gasteiger partial charge >= 0.3 is 17.9 Å². The quantitative estimate of drug-likeness (QED) is 0.0262. The molecule has 0 saturated carbocycles. The van der Waals surface area contributed by atoms with Crippen molar-refractivity contribution in [3.8, 4) is 0 Å². The van der Waals surface area contributed by atoms with Gasteiger partial charge in [-0.25, -0.2) is 0 Å². The van der Waals surface area contributed by atoms with Crippen molar-refractivity contribution < 1.29 is 28.6 Å². The van der Waals surface area contributed by atoms with Gasteiger partial charge < -0.3 is 14.2 Å². The molecule has 0 heterocycles. The van der Waals surface area contributed by atoms with Crippen molar-refractivity contribution in [3.05, 3.63) is 72.9 Å². The smallest absolute Gasteiger partial charge is 0.306 e. The highest BCUT2D eigenvalue weighted by Gasteiger charge is 2.19. The molecule has 0 aromatic carbocycles. The lowest BCUT2D eigenvalue weighted by atomic mass is 10.0. The van der Waals surface area contributed by atoms with Crippen molar-refractivity contribution in [2.24, 2.45) is 0 Å². The lowest BCUT2D eigenvalue weighted by Gasteiger charge is -2.18. The van der Waals surface area contributed by atoms with Crippen molar-refractivity contribution >= 4 is 17.9 Å². The molecular formula is C58H100O6. The first kappa shape index (κ1) is 60.9. The molecule has 0 rings (SSSR count). The fraction of sp³-hybridized carbons (Fsp3) is 0.741. The number of hydrogen-bond donors (Lipinski definition) is 0. The Hall–Kier alpha value is -3.15. The second kappa shape index (κ2) is 52.5. The molecule has 1 atom stereocenters. The molecule has 0 aromatic heterocycles. The summed E-state index contributed by atoms with van der Waals surface area (Å²) in [6, 6.07) is 0. The Bertz CT molecular complexity index is 1210. The Balaban J connectivity index is 4.41. The third kappa shape index (κ3) is 49.9. The third-order valence-electron chi connectivity index (χ3n) is 11.4. The summed E-state index contributed by atoms with van der Waals surface area (Å²) in [5, 5.41) is 0. The van der Waals surface area contributed by atoms with E-state index in [1.165, 1.54) is 116 Å². The maximum atomic E-state index is 12.8. The summed E-state index contributed by atoms with van der Waals surface area (Å²) in [5.41, 5.74) is 0. The lowest BCUT2D eigenvalue weighted by Crippen LogP contribution is -2.30. The van der Waals surface area contributed by atoms with Crippen LogP contribution in [0.15, 0.2) is 72.9 Å². The Kier molecular flexibility index (Phi) is 49.9. The Morgan fingerprint density at radius 1 is 0.328 bits per heavy atom. The van der Waals surface area contributed by atoms with E-state index in [9.17, 15) is 14.4 Å². The van der Waals surface area contributed by atoms with E-state index in [0.29, 0.717) is 19.3 Å². The number of esters is 3. The first-order chi connectivity index (χ1) is 31.5. The highest BCUT2D eigenvalue weighted by Crippen LogP contribution is 2.15. The maximum Gasteiger partial charge on any atom is 0.306 e. The molecule has 0 aliphatic heterocycles. The van der Waals surface area contributed by atoms with Crippen LogP contribution in [0.2, 0.25) is 0 Å². The van der Waals surface area contributed by atoms with Crippen molar-refractivity contribution in [2.75, 3.05) is 13.2 Å². The van der Waals surface area contributed by atoms with E-state index in [4.69, 9.17) is 14.2 Å². The largest absolute Gasteiger partial charge is 0.462 e. The molecular weight excluding hydrogens is 793 g/mol. The number of ether oxygens (including phenoxy) is 3. The van der Waals surface area contributed by atoms with Gasteiger partial charge in [0, 0.05) is 19.3 Å². The zero-order valence-electron chi connectivity index (χ0n) is 42.0. The Labute approximate surface area is 395 Å². The van der Waals surface area contributed by atoms with E-state index in [0.717, 1.165) is 103 Å². The Morgan fingerprint density at radius 2 is 0.625 bits per heavy atom. The van der Waals surface area contributed by atoms with Gasteiger partial charge in [0.15, 0.2) is 6.10 Å². The molecule has 6 nitrogen and oxygen atoms in total. The highest BCUT2D eigenvalue weighted by atomic mass is 16.6. The van der Waals surface area contributed by atoms with Gasteiger partial charge in [0.05, 0.1) is 0 Å². The standard InChI is InChI=1S/C58H100O6/c1-4-7-10-13-16-19-22-24-26-28-29-30-32-33-36-39-42-45-48-51-57(60)63-54-55(53-62-56(59)50-47-44-41-38-35-21-18-15-12-9-6-3)64-58(61)52-49-46-43-40-37-34-31-27-25-23-20-17-14-11-8-5-2/h7,10,15-16,18-19,24,26,29-30,33,36,55H,4-6,8-9,11-14,17,20-23,25,27-28,31-32,34-35,37-54H2,1-3H3/b10-7-,18-15-,19-16-,26-24-,30-29-,36-33-. The molecule has 0 aliphatic rings. The fourth-order valence-electron chi connectivity index (χ4n) is 7.39. The number of carbonyl (C=O) groups excluding carboxylic acids is 3. The maximum absolute atomic E-state index is 12.8. The molecule has 0 fully saturated rings. The average Bonchev–Trinajstić information content (AvgIpc) is 3.29. The number of carbonyl (C=O) groups is 3. The van der Waals surface area contributed by atoms with Crippen molar-refractivity contribution in [2.45, 2.75) is 264 Å². The zero-order valence-corrected chi connectivity index (χ0v) is 42.0. The van der Waals surface area contributed by atoms with Gasteiger partial charge in [-0.2, -0.15) is 0 Å². The number of unbranched alkanes of at least 4 members (excludes halogenated alkanes) is 25. The van der Waals surface area contributed by atoms with Crippen LogP contribution in [0.3, 0.4) is 0 Å². The first-order valence-electron chi connectivity index (χ1n) is 26.9. The minimum absolute atomic E-state index is 0.0889. The van der Waals surface area contributed by atoms with Crippen molar-refractivity contribution in [1.29, 1.82) is 0 Å². The van der Waals surface area contributed by atoms with Gasteiger partial charge in [-0.3, -0.25) is 14.4 Å². The van der Waals surface area contributed by atoms with Gasteiger partial charge in [0.1, 0.15) is 13.2 Å². The van der Waals surface area contributed by atoms with Crippen molar-refractivity contribution in [1.82, 2.24) is 0 Å². The van der Waals surface area contributed by atoms with Gasteiger partial charge in [0.2, 0.25) is 0 Å². The summed E-state index contributed by atoms with van der Waals surface area (Å²) in [5.74, 6) is -0.925. The van der Waals surface area contributed by atoms with Crippen LogP contribution in [0.5, 0.6) is 0 Å². The molecule has 0 amide bonds. The highest BCUT2D eigenvalue weighted by molar-refractivity contribution is 5.71. The van der Waals surface area contributed by atoms with E-state index in [2.05, 4.69) is 93.7 Å². The number of hydrogen-bond acceptors (Lipinski definition) is 6. The zero-order chi connectivity index (χ0) is 46.5. The molecule has 64 heavy (non-hydrogen) atoms. The molecule has 0 aliphatic carbocycles.